The highest BCUT2D eigenvalue weighted by Gasteiger charge is 2.20. The van der Waals surface area contributed by atoms with E-state index in [1.807, 2.05) is 18.2 Å². The second kappa shape index (κ2) is 9.69. The summed E-state index contributed by atoms with van der Waals surface area (Å²) in [6, 6.07) is 16.5. The molecule has 0 unspecified atom stereocenters. The van der Waals surface area contributed by atoms with Crippen molar-refractivity contribution in [2.75, 3.05) is 33.2 Å². The summed E-state index contributed by atoms with van der Waals surface area (Å²) in [5.41, 5.74) is 4.38. The van der Waals surface area contributed by atoms with Crippen molar-refractivity contribution in [2.45, 2.75) is 6.54 Å². The van der Waals surface area contributed by atoms with Crippen LogP contribution in [0.25, 0.3) is 10.9 Å². The molecule has 4 aromatic rings. The van der Waals surface area contributed by atoms with Gasteiger partial charge in [-0.2, -0.15) is 0 Å². The number of benzene rings is 2. The van der Waals surface area contributed by atoms with Crippen molar-refractivity contribution < 1.29 is 15.0 Å². The molecule has 3 heterocycles. The zero-order chi connectivity index (χ0) is 24.4. The van der Waals surface area contributed by atoms with Gasteiger partial charge in [0.25, 0.3) is 0 Å². The normalized spacial score (nSPS) is 15.5. The van der Waals surface area contributed by atoms with Gasteiger partial charge in [-0.15, -0.1) is 0 Å². The van der Waals surface area contributed by atoms with E-state index in [0.717, 1.165) is 38.4 Å². The summed E-state index contributed by atoms with van der Waals surface area (Å²) in [7, 11) is 2.15. The number of pyridine rings is 1. The molecule has 0 spiro atoms. The number of fused-ring (bicyclic) bond motifs is 1. The van der Waals surface area contributed by atoms with Gasteiger partial charge in [-0.05, 0) is 55.1 Å². The van der Waals surface area contributed by atoms with Crippen molar-refractivity contribution in [1.82, 2.24) is 19.8 Å². The van der Waals surface area contributed by atoms with Crippen LogP contribution < -0.4 is 0 Å². The number of H-pyrrole nitrogens is 1. The molecule has 5 rings (SSSR count). The molecule has 1 saturated heterocycles. The Kier molecular flexibility index (Phi) is 6.31. The van der Waals surface area contributed by atoms with Crippen molar-refractivity contribution >= 4 is 28.3 Å². The zero-order valence-electron chi connectivity index (χ0n) is 19.5. The van der Waals surface area contributed by atoms with E-state index < -0.39 is 5.97 Å². The number of hydrogen-bond acceptors (Lipinski definition) is 6. The maximum atomic E-state index is 11.6. The number of rotatable bonds is 6. The number of nitrogens with zero attached hydrogens (tertiary/aromatic N) is 4. The van der Waals surface area contributed by atoms with E-state index >= 15 is 0 Å². The van der Waals surface area contributed by atoms with Crippen LogP contribution in [0.5, 0.6) is 5.88 Å². The van der Waals surface area contributed by atoms with E-state index in [4.69, 9.17) is 4.99 Å². The van der Waals surface area contributed by atoms with E-state index in [2.05, 4.69) is 38.9 Å². The van der Waals surface area contributed by atoms with Gasteiger partial charge in [0.1, 0.15) is 0 Å². The Morgan fingerprint density at radius 3 is 2.51 bits per heavy atom. The van der Waals surface area contributed by atoms with Crippen LogP contribution in [0.2, 0.25) is 0 Å². The van der Waals surface area contributed by atoms with Crippen LogP contribution in [0.3, 0.4) is 0 Å². The second-order valence-corrected chi connectivity index (χ2v) is 8.86. The molecule has 178 valence electrons. The maximum absolute atomic E-state index is 11.6. The molecule has 1 aliphatic heterocycles. The van der Waals surface area contributed by atoms with Crippen LogP contribution in [-0.4, -0.2) is 74.9 Å². The molecule has 2 aromatic carbocycles. The monoisotopic (exact) mass is 469 g/mol. The Morgan fingerprint density at radius 1 is 1.06 bits per heavy atom. The molecular formula is C27H27N5O3. The lowest BCUT2D eigenvalue weighted by atomic mass is 10.0. The fourth-order valence-electron chi connectivity index (χ4n) is 4.39. The van der Waals surface area contributed by atoms with Gasteiger partial charge in [0, 0.05) is 61.6 Å². The average Bonchev–Trinajstić information content (AvgIpc) is 3.20. The minimum Gasteiger partial charge on any atom is -0.494 e. The Labute approximate surface area is 203 Å². The minimum absolute atomic E-state index is 0.0724. The Balaban J connectivity index is 1.52. The number of aromatic nitrogens is 2. The summed E-state index contributed by atoms with van der Waals surface area (Å²) in [5, 5.41) is 20.9. The number of carboxylic acids is 1. The summed E-state index contributed by atoms with van der Waals surface area (Å²) < 4.78 is 0. The molecular weight excluding hydrogens is 442 g/mol. The third kappa shape index (κ3) is 4.94. The first-order valence-corrected chi connectivity index (χ1v) is 11.6. The summed E-state index contributed by atoms with van der Waals surface area (Å²) >= 11 is 0. The summed E-state index contributed by atoms with van der Waals surface area (Å²) in [6.07, 6.45) is 3.35. The van der Waals surface area contributed by atoms with Gasteiger partial charge in [-0.1, -0.05) is 12.1 Å². The predicted molar refractivity (Wildman–Crippen MR) is 136 cm³/mol. The molecule has 0 bridgehead atoms. The van der Waals surface area contributed by atoms with Gasteiger partial charge in [-0.3, -0.25) is 9.88 Å². The first-order valence-electron chi connectivity index (χ1n) is 11.6. The molecule has 0 aliphatic carbocycles. The Bertz CT molecular complexity index is 1370. The van der Waals surface area contributed by atoms with Crippen molar-refractivity contribution in [3.8, 4) is 5.88 Å². The predicted octanol–water partition coefficient (Wildman–Crippen LogP) is 3.88. The van der Waals surface area contributed by atoms with Gasteiger partial charge in [0.05, 0.1) is 22.5 Å². The van der Waals surface area contributed by atoms with Crippen LogP contribution in [0.4, 0.5) is 5.69 Å². The van der Waals surface area contributed by atoms with E-state index in [1.54, 1.807) is 30.6 Å². The molecule has 35 heavy (non-hydrogen) atoms. The van der Waals surface area contributed by atoms with Crippen molar-refractivity contribution in [3.63, 3.8) is 0 Å². The molecule has 0 atom stereocenters. The quantitative estimate of drug-likeness (QED) is 0.370. The van der Waals surface area contributed by atoms with Gasteiger partial charge in [-0.25, -0.2) is 9.79 Å². The van der Waals surface area contributed by atoms with Crippen molar-refractivity contribution in [3.05, 3.63) is 89.2 Å². The minimum atomic E-state index is -1.03. The third-order valence-corrected chi connectivity index (χ3v) is 6.38. The molecule has 0 radical (unpaired) electrons. The summed E-state index contributed by atoms with van der Waals surface area (Å²) in [4.78, 5) is 28.4. The van der Waals surface area contributed by atoms with Crippen LogP contribution in [0, 0.1) is 0 Å². The molecule has 3 N–H and O–H groups in total. The first-order chi connectivity index (χ1) is 17.0. The maximum Gasteiger partial charge on any atom is 0.335 e. The summed E-state index contributed by atoms with van der Waals surface area (Å²) in [5.74, 6) is -1.11. The van der Waals surface area contributed by atoms with E-state index in [9.17, 15) is 15.0 Å². The standard InChI is InChI=1S/C27H27N5O3/c1-31-11-13-32(14-12-31)17-18-4-7-21(8-5-18)29-25(20-3-2-10-28-16-20)24-22-15-19(27(34)35)6-9-23(22)30-26(24)33/h2-10,15-16,30,33H,11-14,17H2,1H3,(H,34,35). The molecule has 8 heteroatoms. The van der Waals surface area contributed by atoms with Gasteiger partial charge >= 0.3 is 5.97 Å². The Morgan fingerprint density at radius 2 is 1.83 bits per heavy atom. The molecule has 1 fully saturated rings. The van der Waals surface area contributed by atoms with Gasteiger partial charge in [0.15, 0.2) is 5.88 Å². The highest BCUT2D eigenvalue weighted by molar-refractivity contribution is 6.22. The highest BCUT2D eigenvalue weighted by Crippen LogP contribution is 2.32. The number of carbonyl (C=O) groups is 1. The van der Waals surface area contributed by atoms with E-state index in [-0.39, 0.29) is 11.4 Å². The van der Waals surface area contributed by atoms with Crippen molar-refractivity contribution in [2.24, 2.45) is 4.99 Å². The number of aromatic amines is 1. The number of aliphatic imine (C=N–C) groups is 1. The lowest BCUT2D eigenvalue weighted by Gasteiger charge is -2.32. The average molecular weight is 470 g/mol. The largest absolute Gasteiger partial charge is 0.494 e. The van der Waals surface area contributed by atoms with E-state index in [0.29, 0.717) is 27.7 Å². The number of hydrogen-bond donors (Lipinski definition) is 3. The Hall–Kier alpha value is -4.01. The highest BCUT2D eigenvalue weighted by atomic mass is 16.4. The fourth-order valence-corrected chi connectivity index (χ4v) is 4.39. The topological polar surface area (TPSA) is 105 Å². The fraction of sp³-hybridized carbons (Fsp3) is 0.222. The molecule has 8 nitrogen and oxygen atoms in total. The molecule has 0 amide bonds. The van der Waals surface area contributed by atoms with Crippen LogP contribution >= 0.6 is 0 Å². The van der Waals surface area contributed by atoms with Gasteiger partial charge < -0.3 is 20.1 Å². The lowest BCUT2D eigenvalue weighted by molar-refractivity contribution is 0.0697. The summed E-state index contributed by atoms with van der Waals surface area (Å²) in [6.45, 7) is 5.16. The van der Waals surface area contributed by atoms with Crippen LogP contribution in [-0.2, 0) is 6.54 Å². The molecule has 1 aliphatic rings. The number of likely N-dealkylation sites (N-methyl/N-ethyl adjacent to an activating group) is 1. The molecule has 0 saturated carbocycles. The number of piperazine rings is 1. The third-order valence-electron chi connectivity index (χ3n) is 6.38. The zero-order valence-corrected chi connectivity index (χ0v) is 19.5. The SMILES string of the molecule is CN1CCN(Cc2ccc(N=C(c3cccnc3)c3c(O)[nH]c4ccc(C(=O)O)cc34)cc2)CC1. The second-order valence-electron chi connectivity index (χ2n) is 8.86. The number of nitrogens with one attached hydrogen (secondary N) is 1. The first kappa shape index (κ1) is 22.8. The smallest absolute Gasteiger partial charge is 0.335 e. The lowest BCUT2D eigenvalue weighted by Crippen LogP contribution is -2.43. The van der Waals surface area contributed by atoms with Gasteiger partial charge in [0.2, 0.25) is 0 Å². The molecule has 2 aromatic heterocycles. The number of aromatic carboxylic acids is 1. The van der Waals surface area contributed by atoms with Crippen LogP contribution in [0.1, 0.15) is 27.0 Å². The van der Waals surface area contributed by atoms with Crippen molar-refractivity contribution in [1.29, 1.82) is 0 Å². The number of aromatic hydroxyl groups is 1. The van der Waals surface area contributed by atoms with E-state index in [1.165, 1.54) is 11.6 Å². The van der Waals surface area contributed by atoms with Crippen LogP contribution in [0.15, 0.2) is 72.0 Å². The number of carboxylic acid groups (broad SMARTS) is 1.